The zero-order valence-corrected chi connectivity index (χ0v) is 7.79. The Hall–Kier alpha value is -0.730. The minimum absolute atomic E-state index is 0.204. The first-order valence-electron chi connectivity index (χ1n) is 4.01. The normalized spacial score (nSPS) is 10.7. The predicted octanol–water partition coefficient (Wildman–Crippen LogP) is 1.43. The van der Waals surface area contributed by atoms with Crippen LogP contribution in [0.3, 0.4) is 0 Å². The zero-order valence-electron chi connectivity index (χ0n) is 7.79. The van der Waals surface area contributed by atoms with Crippen LogP contribution < -0.4 is 5.73 Å². The largest absolute Gasteiger partial charge is 0.351 e. The predicted molar refractivity (Wildman–Crippen MR) is 46.3 cm³/mol. The Bertz CT molecular complexity index is 132. The second-order valence-electron chi connectivity index (χ2n) is 3.48. The van der Waals surface area contributed by atoms with Crippen molar-refractivity contribution in [3.05, 3.63) is 0 Å². The van der Waals surface area contributed by atoms with Gasteiger partial charge in [-0.1, -0.05) is 13.8 Å². The average Bonchev–Trinajstić information content (AvgIpc) is 1.81. The number of carbonyl (C=O) groups is 1. The van der Waals surface area contributed by atoms with Crippen LogP contribution in [0.15, 0.2) is 0 Å². The van der Waals surface area contributed by atoms with E-state index in [9.17, 15) is 4.79 Å². The van der Waals surface area contributed by atoms with Gasteiger partial charge in [0.2, 0.25) is 0 Å². The summed E-state index contributed by atoms with van der Waals surface area (Å²) in [5.41, 5.74) is 5.17. The lowest BCUT2D eigenvalue weighted by Crippen LogP contribution is -2.42. The van der Waals surface area contributed by atoms with Crippen molar-refractivity contribution in [1.82, 2.24) is 4.90 Å². The van der Waals surface area contributed by atoms with E-state index in [-0.39, 0.29) is 12.1 Å². The molecule has 0 radical (unpaired) electrons. The lowest BCUT2D eigenvalue weighted by atomic mass is 10.2. The van der Waals surface area contributed by atoms with Gasteiger partial charge in [0.25, 0.3) is 0 Å². The number of carbonyl (C=O) groups excluding carboxylic acids is 1. The summed E-state index contributed by atoms with van der Waals surface area (Å²) in [6, 6.07) is -0.122. The lowest BCUT2D eigenvalue weighted by molar-refractivity contribution is 0.184. The molecule has 11 heavy (non-hydrogen) atoms. The van der Waals surface area contributed by atoms with E-state index in [2.05, 4.69) is 13.8 Å². The summed E-state index contributed by atoms with van der Waals surface area (Å²) in [6.45, 7) is 8.81. The summed E-state index contributed by atoms with van der Waals surface area (Å²) in [7, 11) is 0. The Labute approximate surface area is 68.6 Å². The van der Waals surface area contributed by atoms with Crippen LogP contribution in [-0.4, -0.2) is 23.5 Å². The Morgan fingerprint density at radius 1 is 1.36 bits per heavy atom. The lowest BCUT2D eigenvalue weighted by Gasteiger charge is -2.26. The standard InChI is InChI=1S/C8H18N2O/c1-6(2)5-10(7(3)4)8(9)11/h6-7H,5H2,1-4H3,(H2,9,11). The van der Waals surface area contributed by atoms with Crippen LogP contribution >= 0.6 is 0 Å². The second-order valence-corrected chi connectivity index (χ2v) is 3.48. The van der Waals surface area contributed by atoms with Gasteiger partial charge in [-0.2, -0.15) is 0 Å². The molecular weight excluding hydrogens is 140 g/mol. The smallest absolute Gasteiger partial charge is 0.315 e. The van der Waals surface area contributed by atoms with Gasteiger partial charge in [-0.05, 0) is 19.8 Å². The number of nitrogens with two attached hydrogens (primary N) is 1. The van der Waals surface area contributed by atoms with Gasteiger partial charge in [0.1, 0.15) is 0 Å². The highest BCUT2D eigenvalue weighted by atomic mass is 16.2. The third-order valence-corrected chi connectivity index (χ3v) is 1.47. The number of primary amides is 1. The van der Waals surface area contributed by atoms with Crippen LogP contribution in [0.25, 0.3) is 0 Å². The first-order valence-corrected chi connectivity index (χ1v) is 4.01. The third kappa shape index (κ3) is 3.86. The van der Waals surface area contributed by atoms with Gasteiger partial charge in [0.15, 0.2) is 0 Å². The minimum atomic E-state index is -0.325. The van der Waals surface area contributed by atoms with Crippen LogP contribution in [0.4, 0.5) is 4.79 Å². The number of nitrogens with zero attached hydrogens (tertiary/aromatic N) is 1. The highest BCUT2D eigenvalue weighted by Gasteiger charge is 2.13. The molecule has 0 aliphatic rings. The van der Waals surface area contributed by atoms with E-state index in [0.717, 1.165) is 6.54 Å². The molecule has 0 saturated carbocycles. The number of hydrogen-bond donors (Lipinski definition) is 1. The Balaban J connectivity index is 4.01. The maximum Gasteiger partial charge on any atom is 0.315 e. The molecule has 3 heteroatoms. The van der Waals surface area contributed by atoms with Crippen molar-refractivity contribution in [1.29, 1.82) is 0 Å². The molecule has 2 amide bonds. The monoisotopic (exact) mass is 158 g/mol. The summed E-state index contributed by atoms with van der Waals surface area (Å²) >= 11 is 0. The SMILES string of the molecule is CC(C)CN(C(N)=O)C(C)C. The maximum absolute atomic E-state index is 10.8. The molecule has 0 saturated heterocycles. The van der Waals surface area contributed by atoms with Crippen LogP contribution in [0.5, 0.6) is 0 Å². The fraction of sp³-hybridized carbons (Fsp3) is 0.875. The van der Waals surface area contributed by atoms with Crippen LogP contribution in [0.2, 0.25) is 0 Å². The molecule has 66 valence electrons. The van der Waals surface area contributed by atoms with Crippen LogP contribution in [-0.2, 0) is 0 Å². The van der Waals surface area contributed by atoms with Crippen molar-refractivity contribution in [2.45, 2.75) is 33.7 Å². The molecule has 0 aromatic rings. The number of rotatable bonds is 3. The molecule has 0 spiro atoms. The van der Waals surface area contributed by atoms with E-state index >= 15 is 0 Å². The summed E-state index contributed by atoms with van der Waals surface area (Å²) in [5.74, 6) is 0.477. The highest BCUT2D eigenvalue weighted by molar-refractivity contribution is 5.72. The Kier molecular flexibility index (Phi) is 3.93. The maximum atomic E-state index is 10.8. The quantitative estimate of drug-likeness (QED) is 0.663. The highest BCUT2D eigenvalue weighted by Crippen LogP contribution is 2.02. The van der Waals surface area contributed by atoms with Crippen molar-refractivity contribution in [3.63, 3.8) is 0 Å². The van der Waals surface area contributed by atoms with Crippen molar-refractivity contribution in [2.24, 2.45) is 11.7 Å². The zero-order chi connectivity index (χ0) is 9.02. The van der Waals surface area contributed by atoms with Crippen LogP contribution in [0, 0.1) is 5.92 Å². The molecule has 0 atom stereocenters. The van der Waals surface area contributed by atoms with E-state index < -0.39 is 0 Å². The molecule has 0 aliphatic heterocycles. The van der Waals surface area contributed by atoms with E-state index in [1.54, 1.807) is 4.90 Å². The summed E-state index contributed by atoms with van der Waals surface area (Å²) in [4.78, 5) is 12.5. The number of urea groups is 1. The van der Waals surface area contributed by atoms with Crippen molar-refractivity contribution < 1.29 is 4.79 Å². The molecule has 0 aliphatic carbocycles. The molecule has 0 bridgehead atoms. The van der Waals surface area contributed by atoms with E-state index in [1.165, 1.54) is 0 Å². The van der Waals surface area contributed by atoms with Crippen molar-refractivity contribution in [3.8, 4) is 0 Å². The first kappa shape index (κ1) is 10.3. The van der Waals surface area contributed by atoms with Gasteiger partial charge < -0.3 is 10.6 Å². The molecule has 3 nitrogen and oxygen atoms in total. The summed E-state index contributed by atoms with van der Waals surface area (Å²) < 4.78 is 0. The van der Waals surface area contributed by atoms with E-state index in [4.69, 9.17) is 5.73 Å². The number of hydrogen-bond acceptors (Lipinski definition) is 1. The van der Waals surface area contributed by atoms with Crippen molar-refractivity contribution in [2.75, 3.05) is 6.54 Å². The fourth-order valence-electron chi connectivity index (χ4n) is 0.949. The van der Waals surface area contributed by atoms with Gasteiger partial charge in [-0.25, -0.2) is 4.79 Å². The minimum Gasteiger partial charge on any atom is -0.351 e. The van der Waals surface area contributed by atoms with E-state index in [0.29, 0.717) is 5.92 Å². The molecule has 0 rings (SSSR count). The topological polar surface area (TPSA) is 46.3 Å². The van der Waals surface area contributed by atoms with Gasteiger partial charge >= 0.3 is 6.03 Å². The van der Waals surface area contributed by atoms with Crippen LogP contribution in [0.1, 0.15) is 27.7 Å². The van der Waals surface area contributed by atoms with Gasteiger partial charge in [-0.3, -0.25) is 0 Å². The van der Waals surface area contributed by atoms with Gasteiger partial charge in [0.05, 0.1) is 0 Å². The van der Waals surface area contributed by atoms with Crippen molar-refractivity contribution >= 4 is 6.03 Å². The molecule has 0 fully saturated rings. The van der Waals surface area contributed by atoms with Gasteiger partial charge in [0, 0.05) is 12.6 Å². The third-order valence-electron chi connectivity index (χ3n) is 1.47. The second kappa shape index (κ2) is 4.21. The van der Waals surface area contributed by atoms with E-state index in [1.807, 2.05) is 13.8 Å². The Morgan fingerprint density at radius 3 is 1.91 bits per heavy atom. The number of amides is 2. The summed E-state index contributed by atoms with van der Waals surface area (Å²) in [6.07, 6.45) is 0. The average molecular weight is 158 g/mol. The first-order chi connectivity index (χ1) is 4.95. The molecule has 0 unspecified atom stereocenters. The molecule has 0 aromatic heterocycles. The summed E-state index contributed by atoms with van der Waals surface area (Å²) in [5, 5.41) is 0. The fourth-order valence-corrected chi connectivity index (χ4v) is 0.949. The molecule has 2 N–H and O–H groups in total. The van der Waals surface area contributed by atoms with Gasteiger partial charge in [-0.15, -0.1) is 0 Å². The Morgan fingerprint density at radius 2 is 1.82 bits per heavy atom. The molecule has 0 aromatic carbocycles. The molecular formula is C8H18N2O. The molecule has 0 heterocycles.